The van der Waals surface area contributed by atoms with Gasteiger partial charge in [-0.25, -0.2) is 0 Å². The average molecular weight is 378 g/mol. The highest BCUT2D eigenvalue weighted by Crippen LogP contribution is 2.12. The van der Waals surface area contributed by atoms with Crippen LogP contribution in [0.3, 0.4) is 0 Å². The summed E-state index contributed by atoms with van der Waals surface area (Å²) in [4.78, 5) is 17.4. The Balaban J connectivity index is 1.29. The van der Waals surface area contributed by atoms with E-state index in [1.165, 1.54) is 5.56 Å². The van der Waals surface area contributed by atoms with Crippen molar-refractivity contribution in [2.75, 3.05) is 32.7 Å². The molecule has 7 nitrogen and oxygen atoms in total. The van der Waals surface area contributed by atoms with Crippen LogP contribution in [0.15, 0.2) is 42.5 Å². The third-order valence-electron chi connectivity index (χ3n) is 5.37. The number of likely N-dealkylation sites (N-methyl/N-ethyl adjacent to an activating group) is 1. The van der Waals surface area contributed by atoms with E-state index in [1.54, 1.807) is 18.2 Å². The molecule has 1 aliphatic heterocycles. The van der Waals surface area contributed by atoms with Crippen LogP contribution in [0.25, 0.3) is 11.0 Å². The van der Waals surface area contributed by atoms with Gasteiger partial charge in [0.1, 0.15) is 11.0 Å². The Bertz CT molecular complexity index is 927. The molecule has 2 N–H and O–H groups in total. The number of fused-ring (bicyclic) bond motifs is 1. The van der Waals surface area contributed by atoms with Gasteiger partial charge in [0, 0.05) is 44.8 Å². The van der Waals surface area contributed by atoms with E-state index in [0.29, 0.717) is 17.6 Å². The number of aromatic amines is 1. The predicted molar refractivity (Wildman–Crippen MR) is 109 cm³/mol. The second kappa shape index (κ2) is 8.50. The van der Waals surface area contributed by atoms with E-state index in [-0.39, 0.29) is 5.91 Å². The van der Waals surface area contributed by atoms with Crippen molar-refractivity contribution in [3.63, 3.8) is 0 Å². The van der Waals surface area contributed by atoms with E-state index < -0.39 is 0 Å². The van der Waals surface area contributed by atoms with Crippen molar-refractivity contribution in [1.29, 1.82) is 0 Å². The second-order valence-electron chi connectivity index (χ2n) is 7.24. The van der Waals surface area contributed by atoms with Crippen LogP contribution in [0.5, 0.6) is 0 Å². The van der Waals surface area contributed by atoms with Crippen molar-refractivity contribution >= 4 is 16.9 Å². The molecule has 3 aromatic rings. The van der Waals surface area contributed by atoms with Gasteiger partial charge in [0.2, 0.25) is 0 Å². The summed E-state index contributed by atoms with van der Waals surface area (Å²) in [5, 5.41) is 13.6. The van der Waals surface area contributed by atoms with Crippen LogP contribution in [-0.2, 0) is 13.1 Å². The minimum Gasteiger partial charge on any atom is -0.348 e. The van der Waals surface area contributed by atoms with Gasteiger partial charge in [0.25, 0.3) is 5.91 Å². The van der Waals surface area contributed by atoms with E-state index in [0.717, 1.165) is 50.3 Å². The third kappa shape index (κ3) is 4.37. The summed E-state index contributed by atoms with van der Waals surface area (Å²) in [6.45, 7) is 9.41. The summed E-state index contributed by atoms with van der Waals surface area (Å²) in [5.74, 6) is -0.109. The molecule has 0 atom stereocenters. The molecular formula is C21H26N6O. The fraction of sp³-hybridized carbons (Fsp3) is 0.381. The van der Waals surface area contributed by atoms with E-state index >= 15 is 0 Å². The first-order valence-electron chi connectivity index (χ1n) is 9.82. The molecule has 1 saturated heterocycles. The van der Waals surface area contributed by atoms with Crippen molar-refractivity contribution in [3.8, 4) is 0 Å². The predicted octanol–water partition coefficient (Wildman–Crippen LogP) is 2.03. The lowest BCUT2D eigenvalue weighted by Gasteiger charge is -2.34. The molecule has 0 spiro atoms. The van der Waals surface area contributed by atoms with Crippen molar-refractivity contribution < 1.29 is 4.79 Å². The Morgan fingerprint density at radius 2 is 1.64 bits per heavy atom. The number of aromatic nitrogens is 3. The van der Waals surface area contributed by atoms with Crippen molar-refractivity contribution in [2.45, 2.75) is 20.0 Å². The number of piperazine rings is 1. The van der Waals surface area contributed by atoms with Crippen molar-refractivity contribution in [3.05, 3.63) is 59.2 Å². The van der Waals surface area contributed by atoms with Gasteiger partial charge < -0.3 is 10.2 Å². The monoisotopic (exact) mass is 378 g/mol. The first-order valence-corrected chi connectivity index (χ1v) is 9.82. The maximum atomic E-state index is 12.4. The van der Waals surface area contributed by atoms with Gasteiger partial charge in [-0.3, -0.25) is 9.69 Å². The number of nitrogens with zero attached hydrogens (tertiary/aromatic N) is 4. The van der Waals surface area contributed by atoms with E-state index in [9.17, 15) is 4.79 Å². The van der Waals surface area contributed by atoms with Crippen LogP contribution in [0.4, 0.5) is 0 Å². The zero-order valence-electron chi connectivity index (χ0n) is 16.2. The Hall–Kier alpha value is -2.77. The molecule has 4 rings (SSSR count). The molecule has 1 aromatic heterocycles. The number of H-pyrrole nitrogens is 1. The summed E-state index contributed by atoms with van der Waals surface area (Å²) in [5.41, 5.74) is 4.44. The number of hydrogen-bond acceptors (Lipinski definition) is 5. The molecule has 7 heteroatoms. The molecule has 1 aliphatic rings. The Morgan fingerprint density at radius 1 is 0.964 bits per heavy atom. The largest absolute Gasteiger partial charge is 0.348 e. The first-order chi connectivity index (χ1) is 13.7. The normalized spacial score (nSPS) is 15.8. The van der Waals surface area contributed by atoms with E-state index in [1.807, 2.05) is 0 Å². The standard InChI is InChI=1S/C21H26N6O/c1-2-26-9-11-27(12-10-26)15-17-5-3-16(4-6-17)14-22-21(28)18-7-8-19-20(13-18)24-25-23-19/h3-8,13H,2,9-12,14-15H2,1H3,(H,22,28)(H,23,24,25). The lowest BCUT2D eigenvalue weighted by atomic mass is 10.1. The van der Waals surface area contributed by atoms with Crippen molar-refractivity contribution in [1.82, 2.24) is 30.5 Å². The molecule has 1 fully saturated rings. The molecule has 28 heavy (non-hydrogen) atoms. The fourth-order valence-electron chi connectivity index (χ4n) is 3.55. The summed E-state index contributed by atoms with van der Waals surface area (Å²) in [6, 6.07) is 13.8. The van der Waals surface area contributed by atoms with Crippen LogP contribution in [-0.4, -0.2) is 63.8 Å². The molecular weight excluding hydrogens is 352 g/mol. The van der Waals surface area contributed by atoms with E-state index in [4.69, 9.17) is 0 Å². The number of hydrogen-bond donors (Lipinski definition) is 2. The van der Waals surface area contributed by atoms with Gasteiger partial charge in [-0.15, -0.1) is 0 Å². The number of carbonyl (C=O) groups excluding carboxylic acids is 1. The van der Waals surface area contributed by atoms with Crippen LogP contribution < -0.4 is 5.32 Å². The van der Waals surface area contributed by atoms with Gasteiger partial charge in [-0.2, -0.15) is 15.4 Å². The smallest absolute Gasteiger partial charge is 0.251 e. The number of carbonyl (C=O) groups is 1. The van der Waals surface area contributed by atoms with Gasteiger partial charge in [0.15, 0.2) is 0 Å². The maximum Gasteiger partial charge on any atom is 0.251 e. The number of benzene rings is 2. The van der Waals surface area contributed by atoms with Gasteiger partial charge in [-0.05, 0) is 35.9 Å². The zero-order valence-corrected chi connectivity index (χ0v) is 16.2. The lowest BCUT2D eigenvalue weighted by molar-refractivity contribution is 0.0951. The average Bonchev–Trinajstić information content (AvgIpc) is 3.21. The number of amides is 1. The minimum absolute atomic E-state index is 0.109. The summed E-state index contributed by atoms with van der Waals surface area (Å²) >= 11 is 0. The summed E-state index contributed by atoms with van der Waals surface area (Å²) in [6.07, 6.45) is 0. The van der Waals surface area contributed by atoms with Crippen LogP contribution >= 0.6 is 0 Å². The first kappa shape index (κ1) is 18.6. The van der Waals surface area contributed by atoms with Crippen LogP contribution in [0, 0.1) is 0 Å². The van der Waals surface area contributed by atoms with E-state index in [2.05, 4.69) is 61.7 Å². The molecule has 0 saturated carbocycles. The fourth-order valence-corrected chi connectivity index (χ4v) is 3.55. The number of nitrogens with one attached hydrogen (secondary N) is 2. The molecule has 0 unspecified atom stereocenters. The Morgan fingerprint density at radius 3 is 2.39 bits per heavy atom. The third-order valence-corrected chi connectivity index (χ3v) is 5.37. The van der Waals surface area contributed by atoms with Crippen LogP contribution in [0.1, 0.15) is 28.4 Å². The van der Waals surface area contributed by atoms with Gasteiger partial charge in [-0.1, -0.05) is 31.2 Å². The molecule has 0 radical (unpaired) electrons. The molecule has 146 valence electrons. The highest BCUT2D eigenvalue weighted by molar-refractivity contribution is 5.97. The van der Waals surface area contributed by atoms with Gasteiger partial charge in [0.05, 0.1) is 0 Å². The second-order valence-corrected chi connectivity index (χ2v) is 7.24. The number of rotatable bonds is 6. The minimum atomic E-state index is -0.109. The SMILES string of the molecule is CCN1CCN(Cc2ccc(CNC(=O)c3ccc4n[nH]nc4c3)cc2)CC1. The van der Waals surface area contributed by atoms with Crippen LogP contribution in [0.2, 0.25) is 0 Å². The zero-order chi connectivity index (χ0) is 19.3. The molecule has 1 amide bonds. The Kier molecular flexibility index (Phi) is 5.64. The summed E-state index contributed by atoms with van der Waals surface area (Å²) < 4.78 is 0. The van der Waals surface area contributed by atoms with Gasteiger partial charge >= 0.3 is 0 Å². The maximum absolute atomic E-state index is 12.4. The molecule has 0 bridgehead atoms. The van der Waals surface area contributed by atoms with Crippen molar-refractivity contribution in [2.24, 2.45) is 0 Å². The lowest BCUT2D eigenvalue weighted by Crippen LogP contribution is -2.45. The highest BCUT2D eigenvalue weighted by atomic mass is 16.1. The highest BCUT2D eigenvalue weighted by Gasteiger charge is 2.15. The quantitative estimate of drug-likeness (QED) is 0.686. The molecule has 2 aromatic carbocycles. The molecule has 2 heterocycles. The topological polar surface area (TPSA) is 77.1 Å². The molecule has 0 aliphatic carbocycles. The summed E-state index contributed by atoms with van der Waals surface area (Å²) in [7, 11) is 0. The Labute approximate surface area is 164 Å².